The van der Waals surface area contributed by atoms with Crippen molar-refractivity contribution in [1.29, 1.82) is 0 Å². The predicted molar refractivity (Wildman–Crippen MR) is 105 cm³/mol. The number of amides is 1. The van der Waals surface area contributed by atoms with E-state index in [0.717, 1.165) is 23.5 Å². The number of thiazole rings is 1. The molecule has 0 aliphatic carbocycles. The van der Waals surface area contributed by atoms with E-state index in [9.17, 15) is 4.79 Å². The fourth-order valence-corrected chi connectivity index (χ4v) is 3.71. The van der Waals surface area contributed by atoms with Gasteiger partial charge in [0.15, 0.2) is 0 Å². The van der Waals surface area contributed by atoms with E-state index in [1.165, 1.54) is 16.9 Å². The molecule has 0 radical (unpaired) electrons. The molecule has 3 heterocycles. The second kappa shape index (κ2) is 7.67. The van der Waals surface area contributed by atoms with Gasteiger partial charge in [-0.25, -0.2) is 15.0 Å². The number of hydrogen-bond acceptors (Lipinski definition) is 5. The number of nitrogens with zero attached hydrogens (tertiary/aromatic N) is 4. The summed E-state index contributed by atoms with van der Waals surface area (Å²) in [6.07, 6.45) is 6.96. The van der Waals surface area contributed by atoms with Crippen LogP contribution in [0, 0.1) is 0 Å². The van der Waals surface area contributed by atoms with Crippen molar-refractivity contribution < 1.29 is 4.79 Å². The van der Waals surface area contributed by atoms with Crippen molar-refractivity contribution in [2.45, 2.75) is 25.8 Å². The maximum atomic E-state index is 12.7. The van der Waals surface area contributed by atoms with Crippen LogP contribution in [0.1, 0.15) is 46.1 Å². The molecule has 3 aromatic heterocycles. The van der Waals surface area contributed by atoms with Crippen molar-refractivity contribution in [3.05, 3.63) is 82.3 Å². The summed E-state index contributed by atoms with van der Waals surface area (Å²) in [6.45, 7) is 2.02. The SMILES string of the molecule is CC[C@H](NC(=O)c1csc(Cc2ccccc2)n1)c1cn2cccnc2n1. The van der Waals surface area contributed by atoms with Gasteiger partial charge in [-0.2, -0.15) is 0 Å². The van der Waals surface area contributed by atoms with Gasteiger partial charge in [-0.3, -0.25) is 9.20 Å². The number of hydrogen-bond donors (Lipinski definition) is 1. The molecular formula is C20H19N5OS. The summed E-state index contributed by atoms with van der Waals surface area (Å²) in [5, 5.41) is 5.78. The Balaban J connectivity index is 1.47. The summed E-state index contributed by atoms with van der Waals surface area (Å²) in [6, 6.07) is 11.8. The molecule has 0 saturated carbocycles. The van der Waals surface area contributed by atoms with Crippen LogP contribution in [0.25, 0.3) is 5.78 Å². The fraction of sp³-hybridized carbons (Fsp3) is 0.200. The number of benzene rings is 1. The molecule has 0 aliphatic rings. The van der Waals surface area contributed by atoms with Gasteiger partial charge in [0.2, 0.25) is 5.78 Å². The van der Waals surface area contributed by atoms with E-state index in [2.05, 4.69) is 32.4 Å². The summed E-state index contributed by atoms with van der Waals surface area (Å²) < 4.78 is 1.85. The topological polar surface area (TPSA) is 72.2 Å². The summed E-state index contributed by atoms with van der Waals surface area (Å²) >= 11 is 1.51. The highest BCUT2D eigenvalue weighted by Gasteiger charge is 2.19. The summed E-state index contributed by atoms with van der Waals surface area (Å²) in [7, 11) is 0. The minimum atomic E-state index is -0.182. The second-order valence-electron chi connectivity index (χ2n) is 6.22. The van der Waals surface area contributed by atoms with Crippen LogP contribution in [0.5, 0.6) is 0 Å². The van der Waals surface area contributed by atoms with Crippen LogP contribution in [-0.4, -0.2) is 25.3 Å². The van der Waals surface area contributed by atoms with Crippen LogP contribution >= 0.6 is 11.3 Å². The quantitative estimate of drug-likeness (QED) is 0.557. The van der Waals surface area contributed by atoms with Crippen LogP contribution < -0.4 is 5.32 Å². The number of carbonyl (C=O) groups excluding carboxylic acids is 1. The molecule has 27 heavy (non-hydrogen) atoms. The average Bonchev–Trinajstić information content (AvgIpc) is 3.33. The molecule has 6 nitrogen and oxygen atoms in total. The Bertz CT molecular complexity index is 1020. The minimum Gasteiger partial charge on any atom is -0.342 e. The van der Waals surface area contributed by atoms with E-state index in [4.69, 9.17) is 0 Å². The molecule has 1 aromatic carbocycles. The zero-order valence-electron chi connectivity index (χ0n) is 14.9. The monoisotopic (exact) mass is 377 g/mol. The van der Waals surface area contributed by atoms with Gasteiger partial charge in [0, 0.05) is 30.4 Å². The highest BCUT2D eigenvalue weighted by molar-refractivity contribution is 7.09. The molecule has 1 amide bonds. The third-order valence-electron chi connectivity index (χ3n) is 4.31. The summed E-state index contributed by atoms with van der Waals surface area (Å²) in [4.78, 5) is 25.9. The van der Waals surface area contributed by atoms with Gasteiger partial charge < -0.3 is 5.32 Å². The second-order valence-corrected chi connectivity index (χ2v) is 7.16. The molecule has 1 N–H and O–H groups in total. The van der Waals surface area contributed by atoms with Crippen molar-refractivity contribution in [2.75, 3.05) is 0 Å². The van der Waals surface area contributed by atoms with E-state index in [1.54, 1.807) is 6.20 Å². The van der Waals surface area contributed by atoms with Gasteiger partial charge in [-0.05, 0) is 18.1 Å². The van der Waals surface area contributed by atoms with Crippen molar-refractivity contribution in [1.82, 2.24) is 24.7 Å². The molecule has 0 saturated heterocycles. The minimum absolute atomic E-state index is 0.178. The lowest BCUT2D eigenvalue weighted by Crippen LogP contribution is -2.28. The van der Waals surface area contributed by atoms with Gasteiger partial charge in [0.25, 0.3) is 5.91 Å². The van der Waals surface area contributed by atoms with Crippen LogP contribution in [-0.2, 0) is 6.42 Å². The number of imidazole rings is 1. The Kier molecular flexibility index (Phi) is 4.93. The Morgan fingerprint density at radius 2 is 2.07 bits per heavy atom. The predicted octanol–water partition coefficient (Wildman–Crippen LogP) is 3.66. The average molecular weight is 377 g/mol. The normalized spacial score (nSPS) is 12.2. The molecule has 136 valence electrons. The van der Waals surface area contributed by atoms with E-state index in [-0.39, 0.29) is 11.9 Å². The molecule has 0 bridgehead atoms. The molecule has 0 fully saturated rings. The Hall–Kier alpha value is -3.06. The molecule has 1 atom stereocenters. The zero-order chi connectivity index (χ0) is 18.6. The lowest BCUT2D eigenvalue weighted by molar-refractivity contribution is 0.0930. The fourth-order valence-electron chi connectivity index (χ4n) is 2.90. The Morgan fingerprint density at radius 1 is 1.22 bits per heavy atom. The molecule has 4 aromatic rings. The summed E-state index contributed by atoms with van der Waals surface area (Å²) in [5.74, 6) is 0.446. The van der Waals surface area contributed by atoms with Crippen molar-refractivity contribution in [3.63, 3.8) is 0 Å². The largest absolute Gasteiger partial charge is 0.342 e. The van der Waals surface area contributed by atoms with Crippen LogP contribution in [0.15, 0.2) is 60.4 Å². The Morgan fingerprint density at radius 3 is 2.85 bits per heavy atom. The number of fused-ring (bicyclic) bond motifs is 1. The van der Waals surface area contributed by atoms with Crippen molar-refractivity contribution >= 4 is 23.0 Å². The van der Waals surface area contributed by atoms with Crippen molar-refractivity contribution in [3.8, 4) is 0 Å². The highest BCUT2D eigenvalue weighted by Crippen LogP contribution is 2.19. The van der Waals surface area contributed by atoms with Gasteiger partial charge in [0.05, 0.1) is 16.7 Å². The lowest BCUT2D eigenvalue weighted by Gasteiger charge is -2.13. The highest BCUT2D eigenvalue weighted by atomic mass is 32.1. The van der Waals surface area contributed by atoms with E-state index in [0.29, 0.717) is 11.5 Å². The zero-order valence-corrected chi connectivity index (χ0v) is 15.7. The number of aromatic nitrogens is 4. The number of carbonyl (C=O) groups is 1. The van der Waals surface area contributed by atoms with Gasteiger partial charge in [0.1, 0.15) is 5.69 Å². The first-order valence-corrected chi connectivity index (χ1v) is 9.69. The Labute approximate surface area is 160 Å². The molecule has 0 spiro atoms. The molecule has 0 aliphatic heterocycles. The lowest BCUT2D eigenvalue weighted by atomic mass is 10.1. The molecule has 7 heteroatoms. The summed E-state index contributed by atoms with van der Waals surface area (Å²) in [5.41, 5.74) is 2.43. The maximum Gasteiger partial charge on any atom is 0.271 e. The number of nitrogens with one attached hydrogen (secondary N) is 1. The molecule has 4 rings (SSSR count). The smallest absolute Gasteiger partial charge is 0.271 e. The van der Waals surface area contributed by atoms with Gasteiger partial charge >= 0.3 is 0 Å². The van der Waals surface area contributed by atoms with Gasteiger partial charge in [-0.15, -0.1) is 11.3 Å². The van der Waals surface area contributed by atoms with Crippen LogP contribution in [0.4, 0.5) is 0 Å². The maximum absolute atomic E-state index is 12.7. The molecular weight excluding hydrogens is 358 g/mol. The first kappa shape index (κ1) is 17.4. The van der Waals surface area contributed by atoms with E-state index >= 15 is 0 Å². The molecule has 0 unspecified atom stereocenters. The third-order valence-corrected chi connectivity index (χ3v) is 5.16. The standard InChI is InChI=1S/C20H19N5OS/c1-2-15(16-12-25-10-6-9-21-20(25)24-16)23-19(26)17-13-27-18(22-17)11-14-7-4-3-5-8-14/h3-10,12-13,15H,2,11H2,1H3,(H,23,26)/t15-/m0/s1. The van der Waals surface area contributed by atoms with Crippen molar-refractivity contribution in [2.24, 2.45) is 0 Å². The van der Waals surface area contributed by atoms with E-state index < -0.39 is 0 Å². The van der Waals surface area contributed by atoms with Crippen LogP contribution in [0.3, 0.4) is 0 Å². The third kappa shape index (κ3) is 3.88. The van der Waals surface area contributed by atoms with Crippen LogP contribution in [0.2, 0.25) is 0 Å². The van der Waals surface area contributed by atoms with Gasteiger partial charge in [-0.1, -0.05) is 37.3 Å². The first-order valence-electron chi connectivity index (χ1n) is 8.81. The number of rotatable bonds is 6. The van der Waals surface area contributed by atoms with E-state index in [1.807, 2.05) is 53.4 Å². The first-order chi connectivity index (χ1) is 13.2.